The highest BCUT2D eigenvalue weighted by molar-refractivity contribution is 5.52. The van der Waals surface area contributed by atoms with E-state index in [1.165, 1.54) is 0 Å². The summed E-state index contributed by atoms with van der Waals surface area (Å²) in [6.45, 7) is 8.45. The van der Waals surface area contributed by atoms with Crippen molar-refractivity contribution in [3.63, 3.8) is 0 Å². The summed E-state index contributed by atoms with van der Waals surface area (Å²) in [4.78, 5) is 13.6. The number of aromatic nitrogens is 4. The molecule has 0 unspecified atom stereocenters. The largest absolute Gasteiger partial charge is 0.487 e. The minimum Gasteiger partial charge on any atom is -0.487 e. The van der Waals surface area contributed by atoms with E-state index < -0.39 is 0 Å². The molecule has 1 N–H and O–H groups in total. The fourth-order valence-electron chi connectivity index (χ4n) is 3.46. The predicted molar refractivity (Wildman–Crippen MR) is 105 cm³/mol. The third-order valence-corrected chi connectivity index (χ3v) is 4.71. The molecule has 6 heteroatoms. The molecule has 140 valence electrons. The number of ether oxygens (including phenoxy) is 1. The van der Waals surface area contributed by atoms with Crippen LogP contribution in [0.3, 0.4) is 0 Å². The molecule has 0 saturated heterocycles. The van der Waals surface area contributed by atoms with Crippen molar-refractivity contribution in [1.29, 1.82) is 0 Å². The lowest BCUT2D eigenvalue weighted by molar-refractivity contribution is 0.302. The van der Waals surface area contributed by atoms with Gasteiger partial charge in [0.25, 0.3) is 0 Å². The predicted octanol–water partition coefficient (Wildman–Crippen LogP) is 3.73. The lowest BCUT2D eigenvalue weighted by Gasteiger charge is -2.15. The second-order valence-corrected chi connectivity index (χ2v) is 7.40. The number of para-hydroxylation sites is 1. The van der Waals surface area contributed by atoms with Crippen LogP contribution >= 0.6 is 0 Å². The molecule has 0 radical (unpaired) electrons. The summed E-state index contributed by atoms with van der Waals surface area (Å²) in [6.07, 6.45) is 4.58. The van der Waals surface area contributed by atoms with Crippen LogP contribution in [0.4, 0.5) is 5.82 Å². The van der Waals surface area contributed by atoms with Gasteiger partial charge in [-0.05, 0) is 24.5 Å². The summed E-state index contributed by atoms with van der Waals surface area (Å²) >= 11 is 0. The number of nitrogens with one attached hydrogen (secondary N) is 1. The minimum absolute atomic E-state index is 0.468. The molecular weight excluding hydrogens is 338 g/mol. The van der Waals surface area contributed by atoms with Gasteiger partial charge in [0.05, 0.1) is 24.3 Å². The van der Waals surface area contributed by atoms with Gasteiger partial charge in [-0.1, -0.05) is 32.0 Å². The third kappa shape index (κ3) is 3.79. The molecule has 2 aromatic heterocycles. The Balaban J connectivity index is 1.61. The van der Waals surface area contributed by atoms with Crippen molar-refractivity contribution < 1.29 is 4.74 Å². The molecule has 1 aliphatic heterocycles. The molecule has 4 rings (SSSR count). The van der Waals surface area contributed by atoms with Crippen LogP contribution in [0.1, 0.15) is 42.2 Å². The highest BCUT2D eigenvalue weighted by Crippen LogP contribution is 2.30. The Hall–Kier alpha value is -2.89. The van der Waals surface area contributed by atoms with Gasteiger partial charge < -0.3 is 14.6 Å². The zero-order valence-corrected chi connectivity index (χ0v) is 16.1. The lowest BCUT2D eigenvalue weighted by Crippen LogP contribution is -2.14. The molecule has 0 fully saturated rings. The van der Waals surface area contributed by atoms with Gasteiger partial charge in [-0.2, -0.15) is 0 Å². The normalized spacial score (nSPS) is 12.9. The first-order valence-electron chi connectivity index (χ1n) is 9.40. The van der Waals surface area contributed by atoms with Crippen LogP contribution in [-0.4, -0.2) is 19.5 Å². The highest BCUT2D eigenvalue weighted by atomic mass is 16.5. The standard InChI is InChI=1S/C21H25N5O/c1-14(2)11-26-13-22-9-17(26)10-23-21-18-8-16-6-4-5-7-20(16)27-12-19(18)24-15(3)25-21/h4-7,9,13-14H,8,10-12H2,1-3H3,(H,23,24,25). The Bertz CT molecular complexity index is 947. The Kier molecular flexibility index (Phi) is 4.79. The Morgan fingerprint density at radius 3 is 2.93 bits per heavy atom. The topological polar surface area (TPSA) is 64.9 Å². The number of fused-ring (bicyclic) bond motifs is 2. The third-order valence-electron chi connectivity index (χ3n) is 4.71. The number of nitrogens with zero attached hydrogens (tertiary/aromatic N) is 4. The molecule has 27 heavy (non-hydrogen) atoms. The molecule has 1 aromatic carbocycles. The van der Waals surface area contributed by atoms with Crippen molar-refractivity contribution in [2.24, 2.45) is 5.92 Å². The molecule has 0 amide bonds. The number of aryl methyl sites for hydroxylation is 1. The molecular formula is C21H25N5O. The fourth-order valence-corrected chi connectivity index (χ4v) is 3.46. The van der Waals surface area contributed by atoms with Crippen LogP contribution in [0.15, 0.2) is 36.8 Å². The van der Waals surface area contributed by atoms with E-state index in [0.717, 1.165) is 52.9 Å². The Morgan fingerprint density at radius 1 is 1.22 bits per heavy atom. The van der Waals surface area contributed by atoms with E-state index in [9.17, 15) is 0 Å². The van der Waals surface area contributed by atoms with E-state index in [2.05, 4.69) is 44.7 Å². The SMILES string of the molecule is Cc1nc2c(c(NCc3cncn3CC(C)C)n1)Cc1ccccc1OC2. The van der Waals surface area contributed by atoms with Crippen molar-refractivity contribution in [3.05, 3.63) is 65.1 Å². The number of hydrogen-bond acceptors (Lipinski definition) is 5. The van der Waals surface area contributed by atoms with E-state index >= 15 is 0 Å². The first kappa shape index (κ1) is 17.5. The quantitative estimate of drug-likeness (QED) is 0.748. The number of rotatable bonds is 5. The van der Waals surface area contributed by atoms with Crippen molar-refractivity contribution in [1.82, 2.24) is 19.5 Å². The summed E-state index contributed by atoms with van der Waals surface area (Å²) in [5.74, 6) is 3.13. The molecule has 6 nitrogen and oxygen atoms in total. The monoisotopic (exact) mass is 363 g/mol. The molecule has 0 atom stereocenters. The number of anilines is 1. The summed E-state index contributed by atoms with van der Waals surface area (Å²) in [7, 11) is 0. The number of imidazole rings is 1. The average Bonchev–Trinajstić information content (AvgIpc) is 2.98. The second-order valence-electron chi connectivity index (χ2n) is 7.40. The second kappa shape index (κ2) is 7.39. The Labute approximate surface area is 159 Å². The maximum Gasteiger partial charge on any atom is 0.133 e. The van der Waals surface area contributed by atoms with Gasteiger partial charge in [-0.25, -0.2) is 15.0 Å². The summed E-state index contributed by atoms with van der Waals surface area (Å²) < 4.78 is 8.16. The molecule has 0 bridgehead atoms. The summed E-state index contributed by atoms with van der Waals surface area (Å²) in [5, 5.41) is 3.52. The maximum atomic E-state index is 5.97. The van der Waals surface area contributed by atoms with E-state index in [4.69, 9.17) is 4.74 Å². The average molecular weight is 363 g/mol. The zero-order chi connectivity index (χ0) is 18.8. The first-order chi connectivity index (χ1) is 13.1. The van der Waals surface area contributed by atoms with Crippen molar-refractivity contribution in [3.8, 4) is 5.75 Å². The smallest absolute Gasteiger partial charge is 0.133 e. The first-order valence-corrected chi connectivity index (χ1v) is 9.40. The van der Waals surface area contributed by atoms with E-state index in [1.807, 2.05) is 37.6 Å². The maximum absolute atomic E-state index is 5.97. The van der Waals surface area contributed by atoms with Crippen LogP contribution < -0.4 is 10.1 Å². The van der Waals surface area contributed by atoms with Crippen LogP contribution in [0.5, 0.6) is 5.75 Å². The minimum atomic E-state index is 0.468. The van der Waals surface area contributed by atoms with Crippen LogP contribution in [0.2, 0.25) is 0 Å². The molecule has 0 spiro atoms. The summed E-state index contributed by atoms with van der Waals surface area (Å²) in [5.41, 5.74) is 4.38. The van der Waals surface area contributed by atoms with Crippen molar-refractivity contribution in [2.75, 3.05) is 5.32 Å². The van der Waals surface area contributed by atoms with Crippen LogP contribution in [0.25, 0.3) is 0 Å². The van der Waals surface area contributed by atoms with Gasteiger partial charge in [0.2, 0.25) is 0 Å². The number of hydrogen-bond donors (Lipinski definition) is 1. The fraction of sp³-hybridized carbons (Fsp3) is 0.381. The molecule has 0 aliphatic carbocycles. The van der Waals surface area contributed by atoms with Crippen molar-refractivity contribution in [2.45, 2.75) is 46.9 Å². The molecule has 1 aliphatic rings. The van der Waals surface area contributed by atoms with Crippen molar-refractivity contribution >= 4 is 5.82 Å². The van der Waals surface area contributed by atoms with Gasteiger partial charge in [0, 0.05) is 24.7 Å². The molecule has 0 saturated carbocycles. The van der Waals surface area contributed by atoms with Gasteiger partial charge >= 0.3 is 0 Å². The van der Waals surface area contributed by atoms with E-state index in [-0.39, 0.29) is 0 Å². The summed E-state index contributed by atoms with van der Waals surface area (Å²) in [6, 6.07) is 8.16. The van der Waals surface area contributed by atoms with Gasteiger partial charge in [-0.15, -0.1) is 0 Å². The van der Waals surface area contributed by atoms with Crippen LogP contribution in [-0.2, 0) is 26.1 Å². The molecule has 3 aromatic rings. The lowest BCUT2D eigenvalue weighted by atomic mass is 10.0. The zero-order valence-electron chi connectivity index (χ0n) is 16.1. The highest BCUT2D eigenvalue weighted by Gasteiger charge is 2.20. The van der Waals surface area contributed by atoms with E-state index in [1.54, 1.807) is 0 Å². The Morgan fingerprint density at radius 2 is 2.07 bits per heavy atom. The van der Waals surface area contributed by atoms with E-state index in [0.29, 0.717) is 19.1 Å². The number of benzene rings is 1. The van der Waals surface area contributed by atoms with Gasteiger partial charge in [0.15, 0.2) is 0 Å². The molecule has 3 heterocycles. The van der Waals surface area contributed by atoms with Gasteiger partial charge in [0.1, 0.15) is 24.0 Å². The van der Waals surface area contributed by atoms with Crippen LogP contribution in [0, 0.1) is 12.8 Å². The van der Waals surface area contributed by atoms with Gasteiger partial charge in [-0.3, -0.25) is 0 Å².